The van der Waals surface area contributed by atoms with E-state index in [-0.39, 0.29) is 5.91 Å². The molecular formula is C19H17BrN2OS. The van der Waals surface area contributed by atoms with Crippen molar-refractivity contribution in [2.24, 2.45) is 0 Å². The van der Waals surface area contributed by atoms with Crippen molar-refractivity contribution in [3.63, 3.8) is 0 Å². The predicted molar refractivity (Wildman–Crippen MR) is 104 cm³/mol. The van der Waals surface area contributed by atoms with Crippen LogP contribution in [0.2, 0.25) is 0 Å². The lowest BCUT2D eigenvalue weighted by molar-refractivity contribution is 0.0988. The summed E-state index contributed by atoms with van der Waals surface area (Å²) in [7, 11) is 0. The van der Waals surface area contributed by atoms with Gasteiger partial charge in [-0.3, -0.25) is 9.69 Å². The molecule has 3 rings (SSSR count). The number of anilines is 1. The van der Waals surface area contributed by atoms with Crippen LogP contribution in [0.25, 0.3) is 11.3 Å². The highest BCUT2D eigenvalue weighted by atomic mass is 79.9. The third-order valence-corrected chi connectivity index (χ3v) is 5.12. The maximum atomic E-state index is 12.8. The Balaban J connectivity index is 1.87. The summed E-state index contributed by atoms with van der Waals surface area (Å²) in [5, 5.41) is 2.71. The van der Waals surface area contributed by atoms with Gasteiger partial charge in [0.05, 0.1) is 5.69 Å². The molecule has 1 heterocycles. The number of thiazole rings is 1. The number of aromatic nitrogens is 1. The fourth-order valence-electron chi connectivity index (χ4n) is 2.36. The van der Waals surface area contributed by atoms with E-state index in [0.29, 0.717) is 12.1 Å². The van der Waals surface area contributed by atoms with E-state index in [2.05, 4.69) is 20.9 Å². The van der Waals surface area contributed by atoms with Gasteiger partial charge in [0.1, 0.15) is 0 Å². The molecule has 0 aliphatic carbocycles. The second-order valence-electron chi connectivity index (χ2n) is 5.44. The molecule has 0 N–H and O–H groups in total. The van der Waals surface area contributed by atoms with Gasteiger partial charge in [0.2, 0.25) is 0 Å². The summed E-state index contributed by atoms with van der Waals surface area (Å²) >= 11 is 4.93. The Kier molecular flexibility index (Phi) is 5.11. The first-order valence-electron chi connectivity index (χ1n) is 7.68. The molecule has 3 nitrogen and oxygen atoms in total. The molecule has 2 aromatic carbocycles. The summed E-state index contributed by atoms with van der Waals surface area (Å²) in [4.78, 5) is 19.1. The summed E-state index contributed by atoms with van der Waals surface area (Å²) in [6, 6.07) is 15.6. The van der Waals surface area contributed by atoms with Crippen molar-refractivity contribution in [2.75, 3.05) is 11.4 Å². The molecule has 0 unspecified atom stereocenters. The smallest absolute Gasteiger partial charge is 0.260 e. The molecule has 0 spiro atoms. The molecule has 0 saturated carbocycles. The van der Waals surface area contributed by atoms with Crippen LogP contribution in [0, 0.1) is 6.92 Å². The molecule has 0 saturated heterocycles. The molecule has 0 atom stereocenters. The van der Waals surface area contributed by atoms with Gasteiger partial charge in [-0.05, 0) is 38.1 Å². The highest BCUT2D eigenvalue weighted by Crippen LogP contribution is 2.29. The molecule has 0 fully saturated rings. The van der Waals surface area contributed by atoms with E-state index in [1.54, 1.807) is 4.90 Å². The molecule has 0 radical (unpaired) electrons. The van der Waals surface area contributed by atoms with Crippen LogP contribution in [0.15, 0.2) is 58.4 Å². The van der Waals surface area contributed by atoms with Gasteiger partial charge in [-0.1, -0.05) is 45.8 Å². The van der Waals surface area contributed by atoms with Crippen LogP contribution >= 0.6 is 27.3 Å². The van der Waals surface area contributed by atoms with Gasteiger partial charge in [-0.15, -0.1) is 11.3 Å². The topological polar surface area (TPSA) is 33.2 Å². The van der Waals surface area contributed by atoms with Crippen molar-refractivity contribution in [3.8, 4) is 11.3 Å². The highest BCUT2D eigenvalue weighted by molar-refractivity contribution is 9.10. The minimum atomic E-state index is -0.0193. The number of aryl methyl sites for hydroxylation is 1. The maximum Gasteiger partial charge on any atom is 0.260 e. The number of nitrogens with zero attached hydrogens (tertiary/aromatic N) is 2. The molecule has 24 heavy (non-hydrogen) atoms. The van der Waals surface area contributed by atoms with Crippen LogP contribution in [0.3, 0.4) is 0 Å². The molecule has 3 aromatic rings. The number of hydrogen-bond donors (Lipinski definition) is 0. The molecule has 1 aromatic heterocycles. The van der Waals surface area contributed by atoms with E-state index in [4.69, 9.17) is 0 Å². The van der Waals surface area contributed by atoms with Gasteiger partial charge >= 0.3 is 0 Å². The van der Waals surface area contributed by atoms with Crippen molar-refractivity contribution >= 4 is 38.3 Å². The molecule has 0 bridgehead atoms. The van der Waals surface area contributed by atoms with Crippen molar-refractivity contribution in [1.82, 2.24) is 4.98 Å². The lowest BCUT2D eigenvalue weighted by atomic mass is 10.1. The standard InChI is InChI=1S/C19H17BrN2OS/c1-3-22(18(23)15-6-4-13(2)5-7-15)19-21-17(12-24-19)14-8-10-16(20)11-9-14/h4-12H,3H2,1-2H3. The highest BCUT2D eigenvalue weighted by Gasteiger charge is 2.19. The van der Waals surface area contributed by atoms with E-state index in [1.165, 1.54) is 11.3 Å². The quantitative estimate of drug-likeness (QED) is 0.575. The summed E-state index contributed by atoms with van der Waals surface area (Å²) in [6.07, 6.45) is 0. The normalized spacial score (nSPS) is 10.6. The monoisotopic (exact) mass is 400 g/mol. The molecule has 1 amide bonds. The molecule has 0 aliphatic rings. The first kappa shape index (κ1) is 16.9. The van der Waals surface area contributed by atoms with Crippen LogP contribution in [-0.2, 0) is 0 Å². The van der Waals surface area contributed by atoms with Crippen LogP contribution in [-0.4, -0.2) is 17.4 Å². The first-order valence-corrected chi connectivity index (χ1v) is 9.35. The predicted octanol–water partition coefficient (Wildman–Crippen LogP) is 5.55. The molecule has 5 heteroatoms. The molecular weight excluding hydrogens is 384 g/mol. The summed E-state index contributed by atoms with van der Waals surface area (Å²) < 4.78 is 1.03. The van der Waals surface area contributed by atoms with Crippen LogP contribution < -0.4 is 4.90 Å². The Morgan fingerprint density at radius 1 is 1.12 bits per heavy atom. The second-order valence-corrected chi connectivity index (χ2v) is 7.19. The lowest BCUT2D eigenvalue weighted by Gasteiger charge is -2.17. The zero-order chi connectivity index (χ0) is 17.1. The molecule has 0 aliphatic heterocycles. The third-order valence-electron chi connectivity index (χ3n) is 3.72. The zero-order valence-corrected chi connectivity index (χ0v) is 15.9. The average molecular weight is 401 g/mol. The van der Waals surface area contributed by atoms with Crippen molar-refractivity contribution < 1.29 is 4.79 Å². The number of rotatable bonds is 4. The Bertz CT molecular complexity index is 841. The van der Waals surface area contributed by atoms with E-state index in [9.17, 15) is 4.79 Å². The zero-order valence-electron chi connectivity index (χ0n) is 13.5. The average Bonchev–Trinajstić information content (AvgIpc) is 3.06. The number of hydrogen-bond acceptors (Lipinski definition) is 3. The van der Waals surface area contributed by atoms with Crippen LogP contribution in [0.1, 0.15) is 22.8 Å². The fourth-order valence-corrected chi connectivity index (χ4v) is 3.52. The number of benzene rings is 2. The van der Waals surface area contributed by atoms with Crippen molar-refractivity contribution in [1.29, 1.82) is 0 Å². The number of halogens is 1. The Labute approximate surface area is 154 Å². The van der Waals surface area contributed by atoms with Gasteiger partial charge in [0, 0.05) is 27.5 Å². The summed E-state index contributed by atoms with van der Waals surface area (Å²) in [5.74, 6) is -0.0193. The van der Waals surface area contributed by atoms with E-state index >= 15 is 0 Å². The Hall–Kier alpha value is -1.98. The fraction of sp³-hybridized carbons (Fsp3) is 0.158. The number of amides is 1. The largest absolute Gasteiger partial charge is 0.284 e. The van der Waals surface area contributed by atoms with E-state index in [0.717, 1.165) is 26.4 Å². The maximum absolute atomic E-state index is 12.8. The van der Waals surface area contributed by atoms with Gasteiger partial charge in [-0.25, -0.2) is 4.98 Å². The Morgan fingerprint density at radius 2 is 1.79 bits per heavy atom. The number of carbonyl (C=O) groups is 1. The minimum Gasteiger partial charge on any atom is -0.284 e. The van der Waals surface area contributed by atoms with E-state index < -0.39 is 0 Å². The minimum absolute atomic E-state index is 0.0193. The van der Waals surface area contributed by atoms with Crippen LogP contribution in [0.5, 0.6) is 0 Å². The summed E-state index contributed by atoms with van der Waals surface area (Å²) in [6.45, 7) is 4.56. The van der Waals surface area contributed by atoms with Crippen LogP contribution in [0.4, 0.5) is 5.13 Å². The van der Waals surface area contributed by atoms with E-state index in [1.807, 2.05) is 67.8 Å². The second kappa shape index (κ2) is 7.28. The summed E-state index contributed by atoms with van der Waals surface area (Å²) in [5.41, 5.74) is 3.75. The SMILES string of the molecule is CCN(C(=O)c1ccc(C)cc1)c1nc(-c2ccc(Br)cc2)cs1. The first-order chi connectivity index (χ1) is 11.6. The van der Waals surface area contributed by atoms with Gasteiger partial charge in [0.15, 0.2) is 5.13 Å². The van der Waals surface area contributed by atoms with Gasteiger partial charge in [0.25, 0.3) is 5.91 Å². The van der Waals surface area contributed by atoms with Crippen molar-refractivity contribution in [3.05, 3.63) is 69.5 Å². The lowest BCUT2D eigenvalue weighted by Crippen LogP contribution is -2.30. The van der Waals surface area contributed by atoms with Gasteiger partial charge in [-0.2, -0.15) is 0 Å². The number of carbonyl (C=O) groups excluding carboxylic acids is 1. The molecule has 122 valence electrons. The van der Waals surface area contributed by atoms with Gasteiger partial charge < -0.3 is 0 Å². The van der Waals surface area contributed by atoms with Crippen molar-refractivity contribution in [2.45, 2.75) is 13.8 Å². The third kappa shape index (κ3) is 3.57. The Morgan fingerprint density at radius 3 is 2.42 bits per heavy atom.